The molecule has 0 radical (unpaired) electrons. The summed E-state index contributed by atoms with van der Waals surface area (Å²) < 4.78 is 6.88. The molecular formula is C36H41N3O5. The van der Waals surface area contributed by atoms with Crippen LogP contribution in [0.5, 0.6) is 0 Å². The van der Waals surface area contributed by atoms with Crippen LogP contribution < -0.4 is 10.6 Å². The molecule has 2 bridgehead atoms. The molecule has 3 aliphatic heterocycles. The Bertz CT molecular complexity index is 1540. The second-order valence-electron chi connectivity index (χ2n) is 12.9. The van der Waals surface area contributed by atoms with E-state index in [0.29, 0.717) is 25.1 Å². The van der Waals surface area contributed by atoms with Gasteiger partial charge in [0.25, 0.3) is 0 Å². The molecule has 0 aliphatic carbocycles. The van der Waals surface area contributed by atoms with E-state index in [1.165, 1.54) is 4.90 Å². The fraction of sp³-hybridized carbons (Fsp3) is 0.417. The van der Waals surface area contributed by atoms with Crippen LogP contribution in [-0.4, -0.2) is 57.6 Å². The molecule has 44 heavy (non-hydrogen) atoms. The van der Waals surface area contributed by atoms with E-state index in [1.807, 2.05) is 107 Å². The summed E-state index contributed by atoms with van der Waals surface area (Å²) in [6.45, 7) is 7.78. The summed E-state index contributed by atoms with van der Waals surface area (Å²) >= 11 is 0. The Balaban J connectivity index is 1.40. The van der Waals surface area contributed by atoms with Gasteiger partial charge in [0.2, 0.25) is 17.7 Å². The molecule has 3 aromatic carbocycles. The van der Waals surface area contributed by atoms with Crippen LogP contribution in [0.1, 0.15) is 42.5 Å². The number of nitrogens with zero attached hydrogens (tertiary/aromatic N) is 1. The number of hydrogen-bond acceptors (Lipinski definition) is 5. The number of amides is 3. The molecule has 3 saturated heterocycles. The average molecular weight is 596 g/mol. The summed E-state index contributed by atoms with van der Waals surface area (Å²) in [4.78, 5) is 44.7. The highest BCUT2D eigenvalue weighted by Gasteiger charge is 2.80. The molecule has 3 heterocycles. The largest absolute Gasteiger partial charge is 0.394 e. The van der Waals surface area contributed by atoms with Crippen LogP contribution in [0, 0.1) is 31.6 Å². The van der Waals surface area contributed by atoms with Gasteiger partial charge in [-0.25, -0.2) is 0 Å². The van der Waals surface area contributed by atoms with Gasteiger partial charge < -0.3 is 25.4 Å². The Hall–Kier alpha value is -4.01. The zero-order valence-corrected chi connectivity index (χ0v) is 25.7. The maximum atomic E-state index is 14.7. The third-order valence-corrected chi connectivity index (χ3v) is 10.2. The Labute approximate surface area is 258 Å². The van der Waals surface area contributed by atoms with E-state index in [2.05, 4.69) is 10.6 Å². The standard InChI is InChI=1S/C36H41N3O5/c1-22-12-11-13-23(2)30(22)38-33(42)31-36-19-24(3)35(4,44-36)28(32(41)37-20-26-16-9-6-10-17-26)29(36)34(43)39(31)27(21-40)18-25-14-7-5-8-15-25/h5-17,24,27-29,31,40H,18-21H2,1-4H3,(H,37,41)(H,38,42)/t24?,27-,28+,29+,31?,35-,36?/m1/s1. The van der Waals surface area contributed by atoms with E-state index in [9.17, 15) is 19.5 Å². The van der Waals surface area contributed by atoms with Crippen LogP contribution in [0.25, 0.3) is 0 Å². The van der Waals surface area contributed by atoms with Crippen LogP contribution in [0.3, 0.4) is 0 Å². The van der Waals surface area contributed by atoms with Crippen molar-refractivity contribution in [2.24, 2.45) is 17.8 Å². The van der Waals surface area contributed by atoms with E-state index in [1.54, 1.807) is 0 Å². The number of aliphatic hydroxyl groups excluding tert-OH is 1. The Morgan fingerprint density at radius 2 is 1.57 bits per heavy atom. The number of likely N-dealkylation sites (tertiary alicyclic amines) is 1. The molecule has 8 nitrogen and oxygen atoms in total. The first-order valence-corrected chi connectivity index (χ1v) is 15.5. The highest BCUT2D eigenvalue weighted by Crippen LogP contribution is 2.65. The van der Waals surface area contributed by atoms with E-state index in [-0.39, 0.29) is 30.2 Å². The van der Waals surface area contributed by atoms with Crippen LogP contribution >= 0.6 is 0 Å². The number of hydrogen-bond donors (Lipinski definition) is 3. The first-order chi connectivity index (χ1) is 21.1. The van der Waals surface area contributed by atoms with Crippen LogP contribution in [0.15, 0.2) is 78.9 Å². The number of fused-ring (bicyclic) bond motifs is 1. The fourth-order valence-electron chi connectivity index (χ4n) is 8.00. The number of rotatable bonds is 9. The van der Waals surface area contributed by atoms with Gasteiger partial charge in [-0.3, -0.25) is 14.4 Å². The van der Waals surface area contributed by atoms with Crippen molar-refractivity contribution in [3.05, 3.63) is 101 Å². The van der Waals surface area contributed by atoms with Gasteiger partial charge in [0.1, 0.15) is 11.6 Å². The van der Waals surface area contributed by atoms with Crippen molar-refractivity contribution in [2.45, 2.75) is 70.4 Å². The van der Waals surface area contributed by atoms with Crippen molar-refractivity contribution < 1.29 is 24.2 Å². The smallest absolute Gasteiger partial charge is 0.250 e. The molecule has 6 rings (SSSR count). The van der Waals surface area contributed by atoms with E-state index in [0.717, 1.165) is 22.3 Å². The van der Waals surface area contributed by atoms with E-state index >= 15 is 0 Å². The number of anilines is 1. The predicted molar refractivity (Wildman–Crippen MR) is 167 cm³/mol. The van der Waals surface area contributed by atoms with Gasteiger partial charge >= 0.3 is 0 Å². The van der Waals surface area contributed by atoms with Crippen molar-refractivity contribution in [1.82, 2.24) is 10.2 Å². The van der Waals surface area contributed by atoms with E-state index in [4.69, 9.17) is 4.74 Å². The lowest BCUT2D eigenvalue weighted by Crippen LogP contribution is -2.57. The number of aryl methyl sites for hydroxylation is 2. The summed E-state index contributed by atoms with van der Waals surface area (Å²) in [5.41, 5.74) is 2.24. The summed E-state index contributed by atoms with van der Waals surface area (Å²) in [6.07, 6.45) is 0.809. The second kappa shape index (κ2) is 11.5. The zero-order valence-electron chi connectivity index (χ0n) is 25.7. The minimum atomic E-state index is -1.22. The predicted octanol–water partition coefficient (Wildman–Crippen LogP) is 4.17. The maximum absolute atomic E-state index is 14.7. The van der Waals surface area contributed by atoms with E-state index < -0.39 is 35.1 Å². The lowest BCUT2D eigenvalue weighted by Gasteiger charge is -2.37. The van der Waals surface area contributed by atoms with Gasteiger partial charge in [0.05, 0.1) is 30.1 Å². The number of para-hydroxylation sites is 1. The molecular weight excluding hydrogens is 554 g/mol. The molecule has 8 heteroatoms. The molecule has 3 unspecified atom stereocenters. The molecule has 0 saturated carbocycles. The SMILES string of the molecule is Cc1cccc(C)c1NC(=O)C1N([C@@H](CO)Cc2ccccc2)C(=O)[C@@H]2[C@@H](C(=O)NCc3ccccc3)[C@]3(C)OC12CC3C. The highest BCUT2D eigenvalue weighted by molar-refractivity contribution is 6.04. The molecule has 3 fully saturated rings. The third kappa shape index (κ3) is 4.81. The first kappa shape index (κ1) is 30.0. The quantitative estimate of drug-likeness (QED) is 0.344. The molecule has 230 valence electrons. The Kier molecular flexibility index (Phi) is 7.84. The first-order valence-electron chi connectivity index (χ1n) is 15.5. The summed E-state index contributed by atoms with van der Waals surface area (Å²) in [5, 5.41) is 16.9. The number of aliphatic hydroxyl groups is 1. The molecule has 1 spiro atoms. The minimum absolute atomic E-state index is 0.0869. The summed E-state index contributed by atoms with van der Waals surface area (Å²) in [5.74, 6) is -2.70. The normalized spacial score (nSPS) is 29.4. The van der Waals surface area contributed by atoms with Crippen LogP contribution in [-0.2, 0) is 32.1 Å². The molecule has 3 aliphatic rings. The topological polar surface area (TPSA) is 108 Å². The maximum Gasteiger partial charge on any atom is 0.250 e. The fourth-order valence-corrected chi connectivity index (χ4v) is 8.00. The number of benzene rings is 3. The minimum Gasteiger partial charge on any atom is -0.394 e. The van der Waals surface area contributed by atoms with Gasteiger partial charge in [0.15, 0.2) is 0 Å². The summed E-state index contributed by atoms with van der Waals surface area (Å²) in [7, 11) is 0. The number of nitrogens with one attached hydrogen (secondary N) is 2. The number of carbonyl (C=O) groups is 3. The molecule has 7 atom stereocenters. The van der Waals surface area contributed by atoms with Gasteiger partial charge in [-0.05, 0) is 61.8 Å². The molecule has 3 amide bonds. The van der Waals surface area contributed by atoms with Crippen molar-refractivity contribution in [3.63, 3.8) is 0 Å². The van der Waals surface area contributed by atoms with Gasteiger partial charge in [-0.1, -0.05) is 85.8 Å². The molecule has 0 aromatic heterocycles. The monoisotopic (exact) mass is 595 g/mol. The third-order valence-electron chi connectivity index (χ3n) is 10.2. The lowest BCUT2D eigenvalue weighted by molar-refractivity contribution is -0.149. The van der Waals surface area contributed by atoms with Crippen molar-refractivity contribution in [3.8, 4) is 0 Å². The van der Waals surface area contributed by atoms with Crippen molar-refractivity contribution in [1.29, 1.82) is 0 Å². The van der Waals surface area contributed by atoms with Gasteiger partial charge in [-0.2, -0.15) is 0 Å². The average Bonchev–Trinajstić information content (AvgIpc) is 3.54. The Morgan fingerprint density at radius 1 is 0.955 bits per heavy atom. The highest BCUT2D eigenvalue weighted by atomic mass is 16.5. The Morgan fingerprint density at radius 3 is 2.18 bits per heavy atom. The van der Waals surface area contributed by atoms with Crippen LogP contribution in [0.2, 0.25) is 0 Å². The number of ether oxygens (including phenoxy) is 1. The van der Waals surface area contributed by atoms with Crippen molar-refractivity contribution >= 4 is 23.4 Å². The number of carbonyl (C=O) groups excluding carboxylic acids is 3. The van der Waals surface area contributed by atoms with Crippen molar-refractivity contribution in [2.75, 3.05) is 11.9 Å². The molecule has 3 aromatic rings. The zero-order chi connectivity index (χ0) is 31.2. The van der Waals surface area contributed by atoms with Crippen LogP contribution in [0.4, 0.5) is 5.69 Å². The summed E-state index contributed by atoms with van der Waals surface area (Å²) in [6, 6.07) is 23.3. The lowest BCUT2D eigenvalue weighted by atomic mass is 9.62. The second-order valence-corrected chi connectivity index (χ2v) is 12.9. The molecule has 3 N–H and O–H groups in total. The van der Waals surface area contributed by atoms with Gasteiger partial charge in [0, 0.05) is 12.2 Å². The van der Waals surface area contributed by atoms with Gasteiger partial charge in [-0.15, -0.1) is 0 Å².